The van der Waals surface area contributed by atoms with Crippen molar-refractivity contribution in [3.8, 4) is 0 Å². The second-order valence-electron chi connectivity index (χ2n) is 4.17. The molecule has 1 saturated heterocycles. The summed E-state index contributed by atoms with van der Waals surface area (Å²) in [6.07, 6.45) is 0.594. The van der Waals surface area contributed by atoms with Crippen LogP contribution in [-0.4, -0.2) is 37.0 Å². The number of ether oxygens (including phenoxy) is 1. The topological polar surface area (TPSA) is 41.5 Å². The predicted molar refractivity (Wildman–Crippen MR) is 58.7 cm³/mol. The van der Waals surface area contributed by atoms with Gasteiger partial charge in [0.1, 0.15) is 11.4 Å². The van der Waals surface area contributed by atoms with E-state index >= 15 is 0 Å². The van der Waals surface area contributed by atoms with E-state index in [1.54, 1.807) is 12.1 Å². The van der Waals surface area contributed by atoms with E-state index in [9.17, 15) is 9.50 Å². The molecule has 2 rings (SSSR count). The van der Waals surface area contributed by atoms with Crippen molar-refractivity contribution in [3.63, 3.8) is 0 Å². The maximum atomic E-state index is 12.7. The van der Waals surface area contributed by atoms with Gasteiger partial charge in [-0.1, -0.05) is 12.1 Å². The summed E-state index contributed by atoms with van der Waals surface area (Å²) in [6.45, 7) is 2.01. The Morgan fingerprint density at radius 1 is 1.38 bits per heavy atom. The first kappa shape index (κ1) is 11.5. The fourth-order valence-electron chi connectivity index (χ4n) is 1.95. The van der Waals surface area contributed by atoms with Gasteiger partial charge in [0.05, 0.1) is 13.2 Å². The number of halogens is 1. The molecule has 0 unspecified atom stereocenters. The van der Waals surface area contributed by atoms with Crippen LogP contribution in [0, 0.1) is 5.82 Å². The molecule has 0 bridgehead atoms. The molecule has 16 heavy (non-hydrogen) atoms. The number of rotatable bonds is 3. The molecular weight excluding hydrogens is 209 g/mol. The molecular formula is C12H16FNO2. The maximum absolute atomic E-state index is 12.7. The van der Waals surface area contributed by atoms with Crippen LogP contribution in [0.3, 0.4) is 0 Å². The number of hydrogen-bond acceptors (Lipinski definition) is 3. The highest BCUT2D eigenvalue weighted by atomic mass is 19.1. The van der Waals surface area contributed by atoms with Crippen LogP contribution in [0.4, 0.5) is 4.39 Å². The van der Waals surface area contributed by atoms with Crippen molar-refractivity contribution in [2.24, 2.45) is 0 Å². The van der Waals surface area contributed by atoms with E-state index in [0.717, 1.165) is 12.1 Å². The highest BCUT2D eigenvalue weighted by molar-refractivity contribution is 5.18. The lowest BCUT2D eigenvalue weighted by Crippen LogP contribution is -2.53. The van der Waals surface area contributed by atoms with Gasteiger partial charge in [-0.15, -0.1) is 0 Å². The van der Waals surface area contributed by atoms with Gasteiger partial charge in [-0.2, -0.15) is 0 Å². The minimum Gasteiger partial charge on any atom is -0.393 e. The van der Waals surface area contributed by atoms with E-state index in [2.05, 4.69) is 5.32 Å². The maximum Gasteiger partial charge on any atom is 0.123 e. The summed E-state index contributed by atoms with van der Waals surface area (Å²) in [5.41, 5.74) is 0.412. The Morgan fingerprint density at radius 3 is 2.69 bits per heavy atom. The highest BCUT2D eigenvalue weighted by Gasteiger charge is 2.32. The van der Waals surface area contributed by atoms with Crippen LogP contribution < -0.4 is 5.32 Å². The smallest absolute Gasteiger partial charge is 0.123 e. The van der Waals surface area contributed by atoms with Crippen molar-refractivity contribution >= 4 is 0 Å². The Kier molecular flexibility index (Phi) is 3.53. The van der Waals surface area contributed by atoms with Crippen LogP contribution in [0.25, 0.3) is 0 Å². The summed E-state index contributed by atoms with van der Waals surface area (Å²) < 4.78 is 18.4. The SMILES string of the molecule is OC[C@@]1(Cc2ccc(F)cc2)CNCCO1. The second kappa shape index (κ2) is 4.91. The largest absolute Gasteiger partial charge is 0.393 e. The van der Waals surface area contributed by atoms with E-state index in [1.807, 2.05) is 0 Å². The summed E-state index contributed by atoms with van der Waals surface area (Å²) >= 11 is 0. The molecule has 4 heteroatoms. The van der Waals surface area contributed by atoms with Gasteiger partial charge in [0.15, 0.2) is 0 Å². The zero-order valence-corrected chi connectivity index (χ0v) is 9.08. The number of nitrogens with one attached hydrogen (secondary N) is 1. The lowest BCUT2D eigenvalue weighted by Gasteiger charge is -2.36. The summed E-state index contributed by atoms with van der Waals surface area (Å²) in [6, 6.07) is 6.31. The lowest BCUT2D eigenvalue weighted by atomic mass is 9.94. The van der Waals surface area contributed by atoms with E-state index in [0.29, 0.717) is 19.6 Å². The van der Waals surface area contributed by atoms with Crippen molar-refractivity contribution in [2.75, 3.05) is 26.3 Å². The van der Waals surface area contributed by atoms with E-state index < -0.39 is 5.60 Å². The molecule has 0 spiro atoms. The number of aliphatic hydroxyl groups is 1. The average molecular weight is 225 g/mol. The summed E-state index contributed by atoms with van der Waals surface area (Å²) in [5, 5.41) is 12.6. The fraction of sp³-hybridized carbons (Fsp3) is 0.500. The van der Waals surface area contributed by atoms with E-state index in [1.165, 1.54) is 12.1 Å². The first-order valence-corrected chi connectivity index (χ1v) is 5.44. The van der Waals surface area contributed by atoms with Crippen molar-refractivity contribution < 1.29 is 14.2 Å². The fourth-order valence-corrected chi connectivity index (χ4v) is 1.95. The Labute approximate surface area is 94.2 Å². The van der Waals surface area contributed by atoms with Gasteiger partial charge in [-0.05, 0) is 17.7 Å². The number of benzene rings is 1. The molecule has 1 atom stereocenters. The molecule has 0 aliphatic carbocycles. The molecule has 88 valence electrons. The minimum absolute atomic E-state index is 0.0304. The van der Waals surface area contributed by atoms with Crippen LogP contribution in [0.2, 0.25) is 0 Å². The van der Waals surface area contributed by atoms with Gasteiger partial charge in [0.25, 0.3) is 0 Å². The Morgan fingerprint density at radius 2 is 2.12 bits per heavy atom. The zero-order valence-electron chi connectivity index (χ0n) is 9.08. The van der Waals surface area contributed by atoms with Crippen LogP contribution in [0.15, 0.2) is 24.3 Å². The Hall–Kier alpha value is -0.970. The summed E-state index contributed by atoms with van der Waals surface area (Å²) in [4.78, 5) is 0. The molecule has 2 N–H and O–H groups in total. The van der Waals surface area contributed by atoms with Gasteiger partial charge >= 0.3 is 0 Å². The number of morpholine rings is 1. The van der Waals surface area contributed by atoms with Crippen molar-refractivity contribution in [2.45, 2.75) is 12.0 Å². The zero-order chi connectivity index (χ0) is 11.4. The standard InChI is InChI=1S/C12H16FNO2/c13-11-3-1-10(2-4-11)7-12(9-15)8-14-5-6-16-12/h1-4,14-15H,5-9H2/t12-/m1/s1. The molecule has 3 nitrogen and oxygen atoms in total. The summed E-state index contributed by atoms with van der Waals surface area (Å²) in [7, 11) is 0. The molecule has 1 aromatic rings. The number of aliphatic hydroxyl groups excluding tert-OH is 1. The van der Waals surface area contributed by atoms with Crippen LogP contribution >= 0.6 is 0 Å². The first-order valence-electron chi connectivity index (χ1n) is 5.44. The molecule has 0 amide bonds. The molecule has 0 radical (unpaired) electrons. The molecule has 1 aromatic carbocycles. The van der Waals surface area contributed by atoms with Gasteiger partial charge in [-0.25, -0.2) is 4.39 Å². The van der Waals surface area contributed by atoms with Crippen LogP contribution in [0.1, 0.15) is 5.56 Å². The summed E-state index contributed by atoms with van der Waals surface area (Å²) in [5.74, 6) is -0.246. The van der Waals surface area contributed by atoms with Crippen molar-refractivity contribution in [3.05, 3.63) is 35.6 Å². The first-order chi connectivity index (χ1) is 7.74. The highest BCUT2D eigenvalue weighted by Crippen LogP contribution is 2.19. The molecule has 1 fully saturated rings. The molecule has 1 aliphatic rings. The Balaban J connectivity index is 2.08. The van der Waals surface area contributed by atoms with Gasteiger partial charge in [-0.3, -0.25) is 0 Å². The predicted octanol–water partition coefficient (Wildman–Crippen LogP) is 0.719. The van der Waals surface area contributed by atoms with Crippen molar-refractivity contribution in [1.82, 2.24) is 5.32 Å². The van der Waals surface area contributed by atoms with Crippen LogP contribution in [-0.2, 0) is 11.2 Å². The lowest BCUT2D eigenvalue weighted by molar-refractivity contribution is -0.0954. The minimum atomic E-state index is -0.559. The molecule has 1 heterocycles. The molecule has 0 aromatic heterocycles. The average Bonchev–Trinajstić information content (AvgIpc) is 2.33. The van der Waals surface area contributed by atoms with E-state index in [4.69, 9.17) is 4.74 Å². The Bertz CT molecular complexity index is 333. The third-order valence-corrected chi connectivity index (χ3v) is 2.86. The molecule has 0 saturated carbocycles. The quantitative estimate of drug-likeness (QED) is 0.796. The number of hydrogen-bond donors (Lipinski definition) is 2. The third kappa shape index (κ3) is 2.58. The van der Waals surface area contributed by atoms with Crippen LogP contribution in [0.5, 0.6) is 0 Å². The van der Waals surface area contributed by atoms with Gasteiger partial charge < -0.3 is 15.2 Å². The van der Waals surface area contributed by atoms with Crippen molar-refractivity contribution in [1.29, 1.82) is 0 Å². The van der Waals surface area contributed by atoms with Gasteiger partial charge in [0.2, 0.25) is 0 Å². The normalized spacial score (nSPS) is 25.6. The third-order valence-electron chi connectivity index (χ3n) is 2.86. The monoisotopic (exact) mass is 225 g/mol. The second-order valence-corrected chi connectivity index (χ2v) is 4.17. The van der Waals surface area contributed by atoms with E-state index in [-0.39, 0.29) is 12.4 Å². The van der Waals surface area contributed by atoms with Gasteiger partial charge in [0, 0.05) is 19.5 Å². The molecule has 1 aliphatic heterocycles.